The fourth-order valence-corrected chi connectivity index (χ4v) is 1.87. The lowest BCUT2D eigenvalue weighted by Crippen LogP contribution is -2.25. The SMILES string of the molecule is CCN(CCC#N)c1cc(C#N)ccc1C(C)O. The van der Waals surface area contributed by atoms with Crippen molar-refractivity contribution in [3.63, 3.8) is 0 Å². The van der Waals surface area contributed by atoms with Crippen LogP contribution in [0.15, 0.2) is 18.2 Å². The van der Waals surface area contributed by atoms with Crippen LogP contribution in [0.1, 0.15) is 37.5 Å². The first-order valence-electron chi connectivity index (χ1n) is 5.98. The molecule has 0 saturated heterocycles. The van der Waals surface area contributed by atoms with Crippen LogP contribution >= 0.6 is 0 Å². The van der Waals surface area contributed by atoms with Gasteiger partial charge in [-0.15, -0.1) is 0 Å². The molecule has 1 rings (SSSR count). The molecule has 0 saturated carbocycles. The van der Waals surface area contributed by atoms with Crippen molar-refractivity contribution in [1.29, 1.82) is 10.5 Å². The number of anilines is 1. The van der Waals surface area contributed by atoms with Crippen molar-refractivity contribution in [3.05, 3.63) is 29.3 Å². The van der Waals surface area contributed by atoms with E-state index in [0.717, 1.165) is 17.8 Å². The van der Waals surface area contributed by atoms with E-state index in [4.69, 9.17) is 10.5 Å². The zero-order chi connectivity index (χ0) is 13.5. The minimum atomic E-state index is -0.594. The number of rotatable bonds is 5. The molecule has 0 aliphatic rings. The Labute approximate surface area is 108 Å². The second-order valence-electron chi connectivity index (χ2n) is 4.05. The molecule has 0 fully saturated rings. The summed E-state index contributed by atoms with van der Waals surface area (Å²) in [5, 5.41) is 27.4. The lowest BCUT2D eigenvalue weighted by Gasteiger charge is -2.26. The number of nitrogens with zero attached hydrogens (tertiary/aromatic N) is 3. The average molecular weight is 243 g/mol. The molecule has 0 heterocycles. The van der Waals surface area contributed by atoms with E-state index in [9.17, 15) is 5.11 Å². The number of hydrogen-bond donors (Lipinski definition) is 1. The van der Waals surface area contributed by atoms with Gasteiger partial charge in [0.15, 0.2) is 0 Å². The van der Waals surface area contributed by atoms with E-state index in [1.807, 2.05) is 11.8 Å². The van der Waals surface area contributed by atoms with Gasteiger partial charge in [-0.1, -0.05) is 6.07 Å². The molecule has 1 N–H and O–H groups in total. The highest BCUT2D eigenvalue weighted by Crippen LogP contribution is 2.27. The minimum Gasteiger partial charge on any atom is -0.389 e. The van der Waals surface area contributed by atoms with Crippen molar-refractivity contribution < 1.29 is 5.11 Å². The van der Waals surface area contributed by atoms with Gasteiger partial charge in [-0.2, -0.15) is 10.5 Å². The zero-order valence-corrected chi connectivity index (χ0v) is 10.7. The fraction of sp³-hybridized carbons (Fsp3) is 0.429. The third-order valence-corrected chi connectivity index (χ3v) is 2.83. The van der Waals surface area contributed by atoms with E-state index in [2.05, 4.69) is 12.1 Å². The quantitative estimate of drug-likeness (QED) is 0.861. The molecule has 4 nitrogen and oxygen atoms in total. The van der Waals surface area contributed by atoms with Crippen molar-refractivity contribution in [2.24, 2.45) is 0 Å². The highest BCUT2D eigenvalue weighted by molar-refractivity contribution is 5.58. The minimum absolute atomic E-state index is 0.421. The van der Waals surface area contributed by atoms with E-state index >= 15 is 0 Å². The zero-order valence-electron chi connectivity index (χ0n) is 10.7. The molecule has 1 aromatic rings. The summed E-state index contributed by atoms with van der Waals surface area (Å²) in [6, 6.07) is 9.44. The van der Waals surface area contributed by atoms with E-state index < -0.39 is 6.10 Å². The standard InChI is InChI=1S/C14H17N3O/c1-3-17(8-4-7-15)14-9-12(10-16)5-6-13(14)11(2)18/h5-6,9,11,18H,3-4,8H2,1-2H3. The molecule has 1 atom stereocenters. The van der Waals surface area contributed by atoms with Gasteiger partial charge in [0, 0.05) is 24.3 Å². The lowest BCUT2D eigenvalue weighted by atomic mass is 10.0. The molecular weight excluding hydrogens is 226 g/mol. The molecule has 0 aromatic heterocycles. The van der Waals surface area contributed by atoms with Crippen LogP contribution in [0.3, 0.4) is 0 Å². The molecule has 0 aliphatic heterocycles. The molecule has 1 unspecified atom stereocenters. The number of nitriles is 2. The summed E-state index contributed by atoms with van der Waals surface area (Å²) in [6.45, 7) is 5.02. The van der Waals surface area contributed by atoms with E-state index in [-0.39, 0.29) is 0 Å². The van der Waals surface area contributed by atoms with Crippen LogP contribution in [0.4, 0.5) is 5.69 Å². The van der Waals surface area contributed by atoms with Gasteiger partial charge in [0.05, 0.1) is 30.2 Å². The Hall–Kier alpha value is -2.04. The van der Waals surface area contributed by atoms with Gasteiger partial charge in [0.25, 0.3) is 0 Å². The number of hydrogen-bond acceptors (Lipinski definition) is 4. The summed E-state index contributed by atoms with van der Waals surface area (Å²) in [5.41, 5.74) is 2.18. The average Bonchev–Trinajstić information content (AvgIpc) is 2.39. The Morgan fingerprint density at radius 2 is 2.11 bits per heavy atom. The first-order valence-corrected chi connectivity index (χ1v) is 5.98. The molecular formula is C14H17N3O. The van der Waals surface area contributed by atoms with Crippen LogP contribution < -0.4 is 4.90 Å². The molecule has 18 heavy (non-hydrogen) atoms. The highest BCUT2D eigenvalue weighted by Gasteiger charge is 2.14. The largest absolute Gasteiger partial charge is 0.389 e. The van der Waals surface area contributed by atoms with Crippen molar-refractivity contribution in [2.75, 3.05) is 18.0 Å². The molecule has 0 spiro atoms. The smallest absolute Gasteiger partial charge is 0.0992 e. The number of aliphatic hydroxyl groups is 1. The van der Waals surface area contributed by atoms with Crippen LogP contribution in [0.5, 0.6) is 0 Å². The monoisotopic (exact) mass is 243 g/mol. The van der Waals surface area contributed by atoms with Gasteiger partial charge in [0.2, 0.25) is 0 Å². The van der Waals surface area contributed by atoms with Crippen LogP contribution in [0, 0.1) is 22.7 Å². The van der Waals surface area contributed by atoms with E-state index in [1.165, 1.54) is 0 Å². The van der Waals surface area contributed by atoms with Crippen molar-refractivity contribution in [2.45, 2.75) is 26.4 Å². The van der Waals surface area contributed by atoms with E-state index in [1.54, 1.807) is 25.1 Å². The number of aliphatic hydroxyl groups excluding tert-OH is 1. The maximum absolute atomic E-state index is 9.76. The second-order valence-corrected chi connectivity index (χ2v) is 4.05. The van der Waals surface area contributed by atoms with Crippen molar-refractivity contribution >= 4 is 5.69 Å². The molecule has 94 valence electrons. The molecule has 0 aliphatic carbocycles. The maximum atomic E-state index is 9.76. The highest BCUT2D eigenvalue weighted by atomic mass is 16.3. The predicted molar refractivity (Wildman–Crippen MR) is 69.9 cm³/mol. The summed E-state index contributed by atoms with van der Waals surface area (Å²) in [7, 11) is 0. The number of benzene rings is 1. The van der Waals surface area contributed by atoms with Gasteiger partial charge in [-0.25, -0.2) is 0 Å². The van der Waals surface area contributed by atoms with Gasteiger partial charge in [-0.3, -0.25) is 0 Å². The predicted octanol–water partition coefficient (Wildman–Crippen LogP) is 2.35. The van der Waals surface area contributed by atoms with Crippen molar-refractivity contribution in [3.8, 4) is 12.1 Å². The van der Waals surface area contributed by atoms with Gasteiger partial charge in [0.1, 0.15) is 0 Å². The van der Waals surface area contributed by atoms with E-state index in [0.29, 0.717) is 18.5 Å². The molecule has 0 radical (unpaired) electrons. The topological polar surface area (TPSA) is 71.0 Å². The van der Waals surface area contributed by atoms with Crippen LogP contribution in [0.25, 0.3) is 0 Å². The molecule has 0 amide bonds. The molecule has 0 bridgehead atoms. The third-order valence-electron chi connectivity index (χ3n) is 2.83. The normalized spacial score (nSPS) is 11.4. The van der Waals surface area contributed by atoms with Gasteiger partial charge in [-0.05, 0) is 26.0 Å². The second kappa shape index (κ2) is 6.64. The Balaban J connectivity index is 3.17. The Kier molecular flexibility index (Phi) is 5.17. The van der Waals surface area contributed by atoms with Gasteiger partial charge >= 0.3 is 0 Å². The fourth-order valence-electron chi connectivity index (χ4n) is 1.87. The van der Waals surface area contributed by atoms with Gasteiger partial charge < -0.3 is 10.0 Å². The lowest BCUT2D eigenvalue weighted by molar-refractivity contribution is 0.199. The third kappa shape index (κ3) is 3.23. The van der Waals surface area contributed by atoms with Crippen LogP contribution in [-0.2, 0) is 0 Å². The summed E-state index contributed by atoms with van der Waals surface area (Å²) in [5.74, 6) is 0. The Morgan fingerprint density at radius 3 is 2.61 bits per heavy atom. The van der Waals surface area contributed by atoms with Crippen LogP contribution in [0.2, 0.25) is 0 Å². The summed E-state index contributed by atoms with van der Waals surface area (Å²) < 4.78 is 0. The summed E-state index contributed by atoms with van der Waals surface area (Å²) >= 11 is 0. The summed E-state index contributed by atoms with van der Waals surface area (Å²) in [6.07, 6.45) is -0.173. The molecule has 1 aromatic carbocycles. The first-order chi connectivity index (χ1) is 8.63. The summed E-state index contributed by atoms with van der Waals surface area (Å²) in [4.78, 5) is 2.01. The Bertz CT molecular complexity index is 483. The van der Waals surface area contributed by atoms with Crippen LogP contribution in [-0.4, -0.2) is 18.2 Å². The molecule has 4 heteroatoms. The first kappa shape index (κ1) is 14.0. The Morgan fingerprint density at radius 1 is 1.39 bits per heavy atom. The maximum Gasteiger partial charge on any atom is 0.0992 e. The van der Waals surface area contributed by atoms with Crippen molar-refractivity contribution in [1.82, 2.24) is 0 Å².